The van der Waals surface area contributed by atoms with Crippen molar-refractivity contribution < 1.29 is 19.1 Å². The molecular weight excluding hydrogens is 366 g/mol. The van der Waals surface area contributed by atoms with Gasteiger partial charge in [0.05, 0.1) is 11.1 Å². The number of ether oxygens (including phenoxy) is 2. The molecule has 5 heteroatoms. The van der Waals surface area contributed by atoms with Gasteiger partial charge in [-0.25, -0.2) is 9.59 Å². The number of anilines is 1. The van der Waals surface area contributed by atoms with Crippen molar-refractivity contribution in [2.45, 2.75) is 0 Å². The number of para-hydroxylation sites is 1. The minimum absolute atomic E-state index is 0.0406. The number of rotatable bonds is 4. The number of carbonyl (C=O) groups is 2. The van der Waals surface area contributed by atoms with Crippen molar-refractivity contribution in [3.8, 4) is 11.5 Å². The predicted molar refractivity (Wildman–Crippen MR) is 111 cm³/mol. The van der Waals surface area contributed by atoms with Crippen LogP contribution in [0, 0.1) is 0 Å². The van der Waals surface area contributed by atoms with Crippen molar-refractivity contribution in [3.63, 3.8) is 0 Å². The van der Waals surface area contributed by atoms with E-state index in [0.717, 1.165) is 10.8 Å². The number of hydrogen-bond donors (Lipinski definition) is 1. The third-order valence-electron chi connectivity index (χ3n) is 4.39. The summed E-state index contributed by atoms with van der Waals surface area (Å²) >= 11 is 0. The van der Waals surface area contributed by atoms with E-state index in [0.29, 0.717) is 17.2 Å². The largest absolute Gasteiger partial charge is 0.423 e. The maximum absolute atomic E-state index is 12.9. The van der Waals surface area contributed by atoms with Gasteiger partial charge in [0.1, 0.15) is 11.5 Å². The molecule has 0 heterocycles. The van der Waals surface area contributed by atoms with Gasteiger partial charge in [0.2, 0.25) is 0 Å². The van der Waals surface area contributed by atoms with Crippen LogP contribution < -0.4 is 15.2 Å². The SMILES string of the molecule is Nc1ccc(C(=O)Oc2ccccc2)c(C(=O)Oc2cccc3ccccc23)c1. The lowest BCUT2D eigenvalue weighted by Gasteiger charge is -2.11. The Bertz CT molecular complexity index is 1200. The third kappa shape index (κ3) is 3.94. The molecule has 2 N–H and O–H groups in total. The first-order chi connectivity index (χ1) is 14.1. The summed E-state index contributed by atoms with van der Waals surface area (Å²) in [6.45, 7) is 0. The molecule has 0 saturated carbocycles. The number of carbonyl (C=O) groups excluding carboxylic acids is 2. The van der Waals surface area contributed by atoms with Crippen molar-refractivity contribution in [2.75, 3.05) is 5.73 Å². The fourth-order valence-corrected chi connectivity index (χ4v) is 3.00. The Morgan fingerprint density at radius 2 is 1.34 bits per heavy atom. The van der Waals surface area contributed by atoms with Gasteiger partial charge in [-0.05, 0) is 41.8 Å². The van der Waals surface area contributed by atoms with E-state index >= 15 is 0 Å². The fraction of sp³-hybridized carbons (Fsp3) is 0. The van der Waals surface area contributed by atoms with Crippen LogP contribution >= 0.6 is 0 Å². The molecule has 4 rings (SSSR count). The number of nitrogens with two attached hydrogens (primary N) is 1. The van der Waals surface area contributed by atoms with Crippen LogP contribution in [0.15, 0.2) is 91.0 Å². The van der Waals surface area contributed by atoms with Crippen molar-refractivity contribution in [1.29, 1.82) is 0 Å². The summed E-state index contributed by atoms with van der Waals surface area (Å²) < 4.78 is 11.0. The summed E-state index contributed by atoms with van der Waals surface area (Å²) in [5.41, 5.74) is 6.30. The van der Waals surface area contributed by atoms with Gasteiger partial charge < -0.3 is 15.2 Å². The molecule has 4 aromatic rings. The highest BCUT2D eigenvalue weighted by Crippen LogP contribution is 2.27. The monoisotopic (exact) mass is 383 g/mol. The molecule has 0 atom stereocenters. The standard InChI is InChI=1S/C24H17NO4/c25-17-13-14-20(23(26)28-18-9-2-1-3-10-18)21(15-17)24(27)29-22-12-6-8-16-7-4-5-11-19(16)22/h1-15H,25H2. The number of benzene rings is 4. The maximum atomic E-state index is 12.9. The summed E-state index contributed by atoms with van der Waals surface area (Å²) in [6.07, 6.45) is 0. The third-order valence-corrected chi connectivity index (χ3v) is 4.39. The van der Waals surface area contributed by atoms with Gasteiger partial charge in [-0.15, -0.1) is 0 Å². The molecule has 0 unspecified atom stereocenters. The van der Waals surface area contributed by atoms with E-state index in [4.69, 9.17) is 15.2 Å². The average molecular weight is 383 g/mol. The van der Waals surface area contributed by atoms with E-state index in [-0.39, 0.29) is 11.1 Å². The van der Waals surface area contributed by atoms with Crippen molar-refractivity contribution in [3.05, 3.63) is 102 Å². The quantitative estimate of drug-likeness (QED) is 0.309. The predicted octanol–water partition coefficient (Wildman–Crippen LogP) is 4.86. The molecule has 0 aliphatic carbocycles. The van der Waals surface area contributed by atoms with Gasteiger partial charge in [0.25, 0.3) is 0 Å². The maximum Gasteiger partial charge on any atom is 0.344 e. The smallest absolute Gasteiger partial charge is 0.344 e. The van der Waals surface area contributed by atoms with E-state index in [1.807, 2.05) is 36.4 Å². The van der Waals surface area contributed by atoms with Gasteiger partial charge >= 0.3 is 11.9 Å². The minimum atomic E-state index is -0.686. The van der Waals surface area contributed by atoms with Gasteiger partial charge in [-0.3, -0.25) is 0 Å². The molecule has 142 valence electrons. The molecule has 0 aliphatic rings. The zero-order valence-corrected chi connectivity index (χ0v) is 15.4. The molecule has 0 aromatic heterocycles. The summed E-state index contributed by atoms with van der Waals surface area (Å²) in [5.74, 6) is -0.574. The molecule has 5 nitrogen and oxygen atoms in total. The second-order valence-corrected chi connectivity index (χ2v) is 6.37. The summed E-state index contributed by atoms with van der Waals surface area (Å²) in [5, 5.41) is 1.73. The van der Waals surface area contributed by atoms with Gasteiger partial charge in [-0.1, -0.05) is 54.6 Å². The van der Waals surface area contributed by atoms with Crippen LogP contribution in [-0.4, -0.2) is 11.9 Å². The van der Waals surface area contributed by atoms with Gasteiger partial charge in [0.15, 0.2) is 0 Å². The molecule has 0 fully saturated rings. The van der Waals surface area contributed by atoms with Crippen LogP contribution in [0.4, 0.5) is 5.69 Å². The Kier molecular flexibility index (Phi) is 4.95. The van der Waals surface area contributed by atoms with Crippen molar-refractivity contribution in [1.82, 2.24) is 0 Å². The van der Waals surface area contributed by atoms with Crippen LogP contribution in [0.5, 0.6) is 11.5 Å². The molecule has 29 heavy (non-hydrogen) atoms. The molecule has 0 spiro atoms. The average Bonchev–Trinajstić information content (AvgIpc) is 2.74. The van der Waals surface area contributed by atoms with E-state index < -0.39 is 11.9 Å². The van der Waals surface area contributed by atoms with Crippen LogP contribution in [0.3, 0.4) is 0 Å². The first-order valence-corrected chi connectivity index (χ1v) is 8.98. The fourth-order valence-electron chi connectivity index (χ4n) is 3.00. The number of hydrogen-bond acceptors (Lipinski definition) is 5. The lowest BCUT2D eigenvalue weighted by Crippen LogP contribution is -2.18. The van der Waals surface area contributed by atoms with E-state index in [2.05, 4.69) is 0 Å². The second-order valence-electron chi connectivity index (χ2n) is 6.37. The van der Waals surface area contributed by atoms with E-state index in [1.165, 1.54) is 18.2 Å². The van der Waals surface area contributed by atoms with E-state index in [1.54, 1.807) is 36.4 Å². The number of nitrogen functional groups attached to an aromatic ring is 1. The van der Waals surface area contributed by atoms with Crippen LogP contribution in [-0.2, 0) is 0 Å². The first-order valence-electron chi connectivity index (χ1n) is 8.98. The summed E-state index contributed by atoms with van der Waals surface area (Å²) in [6, 6.07) is 26.0. The second kappa shape index (κ2) is 7.86. The zero-order chi connectivity index (χ0) is 20.2. The zero-order valence-electron chi connectivity index (χ0n) is 15.4. The molecule has 0 amide bonds. The molecule has 0 radical (unpaired) electrons. The summed E-state index contributed by atoms with van der Waals surface area (Å²) in [4.78, 5) is 25.5. The Morgan fingerprint density at radius 1 is 0.655 bits per heavy atom. The Balaban J connectivity index is 1.66. The van der Waals surface area contributed by atoms with Crippen LogP contribution in [0.25, 0.3) is 10.8 Å². The lowest BCUT2D eigenvalue weighted by atomic mass is 10.1. The lowest BCUT2D eigenvalue weighted by molar-refractivity contribution is 0.0693. The molecular formula is C24H17NO4. The first kappa shape index (κ1) is 18.3. The highest BCUT2D eigenvalue weighted by molar-refractivity contribution is 6.05. The normalized spacial score (nSPS) is 10.5. The van der Waals surface area contributed by atoms with Crippen LogP contribution in [0.1, 0.15) is 20.7 Å². The molecule has 0 bridgehead atoms. The molecule has 0 saturated heterocycles. The van der Waals surface area contributed by atoms with Crippen molar-refractivity contribution in [2.24, 2.45) is 0 Å². The van der Waals surface area contributed by atoms with Gasteiger partial charge in [0, 0.05) is 11.1 Å². The highest BCUT2D eigenvalue weighted by Gasteiger charge is 2.21. The van der Waals surface area contributed by atoms with Crippen molar-refractivity contribution >= 4 is 28.4 Å². The highest BCUT2D eigenvalue weighted by atomic mass is 16.5. The number of fused-ring (bicyclic) bond motifs is 1. The Hall–Kier alpha value is -4.12. The molecule has 4 aromatic carbocycles. The summed E-state index contributed by atoms with van der Waals surface area (Å²) in [7, 11) is 0. The van der Waals surface area contributed by atoms with Gasteiger partial charge in [-0.2, -0.15) is 0 Å². The Morgan fingerprint density at radius 3 is 2.17 bits per heavy atom. The minimum Gasteiger partial charge on any atom is -0.423 e. The Labute approximate surface area is 167 Å². The van der Waals surface area contributed by atoms with E-state index in [9.17, 15) is 9.59 Å². The molecule has 0 aliphatic heterocycles. The number of esters is 2. The van der Waals surface area contributed by atoms with Crippen LogP contribution in [0.2, 0.25) is 0 Å². The topological polar surface area (TPSA) is 78.6 Å².